The van der Waals surface area contributed by atoms with Gasteiger partial charge >= 0.3 is 5.97 Å². The van der Waals surface area contributed by atoms with Crippen LogP contribution in [-0.4, -0.2) is 35.7 Å². The van der Waals surface area contributed by atoms with E-state index in [1.807, 2.05) is 0 Å². The molecule has 2 aromatic rings. The van der Waals surface area contributed by atoms with E-state index >= 15 is 0 Å². The number of carbonyl (C=O) groups is 2. The molecule has 1 aromatic carbocycles. The average Bonchev–Trinajstić information content (AvgIpc) is 3.14. The number of aromatic nitrogens is 2. The number of fused-ring (bicyclic) bond motifs is 4. The van der Waals surface area contributed by atoms with E-state index in [0.29, 0.717) is 22.5 Å². The summed E-state index contributed by atoms with van der Waals surface area (Å²) in [5.41, 5.74) is 6.60. The maximum Gasteiger partial charge on any atom is 0.340 e. The van der Waals surface area contributed by atoms with Gasteiger partial charge in [-0.2, -0.15) is 0 Å². The van der Waals surface area contributed by atoms with E-state index < -0.39 is 17.3 Å². The number of aryl methyl sites for hydroxylation is 1. The number of aromatic amines is 1. The minimum atomic E-state index is -1.55. The van der Waals surface area contributed by atoms with Gasteiger partial charge in [0.05, 0.1) is 19.2 Å². The fourth-order valence-electron chi connectivity index (χ4n) is 3.93. The monoisotopic (exact) mass is 364 g/mol. The van der Waals surface area contributed by atoms with Crippen LogP contribution in [0.5, 0.6) is 5.88 Å². The molecule has 2 aliphatic rings. The van der Waals surface area contributed by atoms with E-state index in [1.165, 1.54) is 12.0 Å². The van der Waals surface area contributed by atoms with Gasteiger partial charge in [-0.1, -0.05) is 24.1 Å². The van der Waals surface area contributed by atoms with Crippen LogP contribution in [0.3, 0.4) is 0 Å². The lowest BCUT2D eigenvalue weighted by Crippen LogP contribution is -2.48. The number of amides is 1. The molecule has 0 aliphatic carbocycles. The van der Waals surface area contributed by atoms with Gasteiger partial charge in [0.1, 0.15) is 11.0 Å². The molecule has 3 N–H and O–H groups in total. The number of carbonyl (C=O) groups excluding carboxylic acids is 2. The molecule has 0 bridgehead atoms. The predicted molar refractivity (Wildman–Crippen MR) is 95.6 cm³/mol. The molecule has 8 heteroatoms. The van der Waals surface area contributed by atoms with E-state index in [9.17, 15) is 9.59 Å². The molecule has 0 radical (unpaired) electrons. The summed E-state index contributed by atoms with van der Waals surface area (Å²) in [6.45, 7) is 1.78. The first kappa shape index (κ1) is 16.7. The number of esters is 1. The summed E-state index contributed by atoms with van der Waals surface area (Å²) >= 11 is 0. The number of para-hydroxylation sites is 1. The van der Waals surface area contributed by atoms with Gasteiger partial charge in [-0.25, -0.2) is 4.79 Å². The summed E-state index contributed by atoms with van der Waals surface area (Å²) in [4.78, 5) is 27.9. The van der Waals surface area contributed by atoms with Gasteiger partial charge in [-0.3, -0.25) is 14.8 Å². The fraction of sp³-hybridized carbons (Fsp3) is 0.211. The number of hydrogen-bond acceptors (Lipinski definition) is 6. The summed E-state index contributed by atoms with van der Waals surface area (Å²) in [5, 5.41) is 6.91. The van der Waals surface area contributed by atoms with Crippen molar-refractivity contribution in [3.63, 3.8) is 0 Å². The number of H-pyrrole nitrogens is 1. The van der Waals surface area contributed by atoms with Gasteiger partial charge in [0.25, 0.3) is 0 Å². The third-order valence-electron chi connectivity index (χ3n) is 4.92. The molecule has 0 fully saturated rings. The Morgan fingerprint density at radius 3 is 2.93 bits per heavy atom. The number of benzene rings is 1. The highest BCUT2D eigenvalue weighted by Gasteiger charge is 2.62. The number of nitrogens with zero attached hydrogens (tertiary/aromatic N) is 2. The molecular weight excluding hydrogens is 348 g/mol. The molecule has 0 unspecified atom stereocenters. The largest absolute Gasteiger partial charge is 0.465 e. The molecule has 136 valence electrons. The molecule has 1 amide bonds. The molecular formula is C19H16N4O4. The predicted octanol–water partition coefficient (Wildman–Crippen LogP) is 0.720. The minimum Gasteiger partial charge on any atom is -0.465 e. The van der Waals surface area contributed by atoms with Crippen LogP contribution in [-0.2, 0) is 19.7 Å². The van der Waals surface area contributed by atoms with E-state index in [1.54, 1.807) is 31.2 Å². The van der Waals surface area contributed by atoms with E-state index in [2.05, 4.69) is 16.1 Å². The SMILES string of the molecule is C#CCN1C(=O)[C@@]2(C(C(=O)OC)=C(N)Oc3n[nH]c(C)c32)c2ccccc21. The Kier molecular flexibility index (Phi) is 3.49. The smallest absolute Gasteiger partial charge is 0.340 e. The van der Waals surface area contributed by atoms with E-state index in [-0.39, 0.29) is 23.9 Å². The van der Waals surface area contributed by atoms with Gasteiger partial charge in [-0.15, -0.1) is 11.5 Å². The normalized spacial score (nSPS) is 20.2. The maximum atomic E-state index is 13.8. The minimum absolute atomic E-state index is 0.0407. The number of nitrogens with one attached hydrogen (secondary N) is 1. The van der Waals surface area contributed by atoms with Gasteiger partial charge < -0.3 is 15.2 Å². The maximum absolute atomic E-state index is 13.8. The van der Waals surface area contributed by atoms with Crippen LogP contribution < -0.4 is 15.4 Å². The third kappa shape index (κ3) is 1.91. The number of ether oxygens (including phenoxy) is 2. The zero-order valence-corrected chi connectivity index (χ0v) is 14.7. The first-order valence-corrected chi connectivity index (χ1v) is 8.15. The fourth-order valence-corrected chi connectivity index (χ4v) is 3.93. The van der Waals surface area contributed by atoms with Crippen molar-refractivity contribution in [3.8, 4) is 18.2 Å². The quantitative estimate of drug-likeness (QED) is 0.600. The molecule has 0 saturated carbocycles. The zero-order chi connectivity index (χ0) is 19.3. The Morgan fingerprint density at radius 1 is 1.48 bits per heavy atom. The van der Waals surface area contributed by atoms with Gasteiger partial charge in [-0.05, 0) is 13.0 Å². The summed E-state index contributed by atoms with van der Waals surface area (Å²) in [5.74, 6) is 1.24. The van der Waals surface area contributed by atoms with Gasteiger partial charge in [0.2, 0.25) is 17.7 Å². The number of methoxy groups -OCH3 is 1. The Balaban J connectivity index is 2.16. The van der Waals surface area contributed by atoms with Crippen LogP contribution in [0.4, 0.5) is 5.69 Å². The Morgan fingerprint density at radius 2 is 2.22 bits per heavy atom. The first-order chi connectivity index (χ1) is 13.0. The molecule has 1 spiro atoms. The summed E-state index contributed by atoms with van der Waals surface area (Å²) in [7, 11) is 1.22. The number of nitrogens with two attached hydrogens (primary N) is 1. The second-order valence-electron chi connectivity index (χ2n) is 6.22. The second-order valence-corrected chi connectivity index (χ2v) is 6.22. The topological polar surface area (TPSA) is 111 Å². The van der Waals surface area contributed by atoms with Crippen molar-refractivity contribution in [2.24, 2.45) is 5.73 Å². The summed E-state index contributed by atoms with van der Waals surface area (Å²) < 4.78 is 10.5. The van der Waals surface area contributed by atoms with Crippen molar-refractivity contribution in [1.29, 1.82) is 0 Å². The highest BCUT2D eigenvalue weighted by Crippen LogP contribution is 2.55. The van der Waals surface area contributed by atoms with Crippen LogP contribution in [0, 0.1) is 19.3 Å². The summed E-state index contributed by atoms with van der Waals surface area (Å²) in [6, 6.07) is 7.11. The van der Waals surface area contributed by atoms with Crippen LogP contribution in [0.15, 0.2) is 35.7 Å². The van der Waals surface area contributed by atoms with Crippen molar-refractivity contribution >= 4 is 17.6 Å². The highest BCUT2D eigenvalue weighted by atomic mass is 16.5. The van der Waals surface area contributed by atoms with Crippen molar-refractivity contribution in [2.75, 3.05) is 18.6 Å². The van der Waals surface area contributed by atoms with E-state index in [0.717, 1.165) is 0 Å². The molecule has 2 aliphatic heterocycles. The molecule has 8 nitrogen and oxygen atoms in total. The van der Waals surface area contributed by atoms with Crippen molar-refractivity contribution in [3.05, 3.63) is 52.5 Å². The van der Waals surface area contributed by atoms with E-state index in [4.69, 9.17) is 21.6 Å². The lowest BCUT2D eigenvalue weighted by molar-refractivity contribution is -0.138. The molecule has 0 saturated heterocycles. The van der Waals surface area contributed by atoms with Crippen LogP contribution >= 0.6 is 0 Å². The van der Waals surface area contributed by atoms with Crippen LogP contribution in [0.25, 0.3) is 0 Å². The molecule has 1 aromatic heterocycles. The second kappa shape index (κ2) is 5.64. The van der Waals surface area contributed by atoms with Crippen molar-refractivity contribution < 1.29 is 19.1 Å². The Hall–Kier alpha value is -3.73. The number of hydrogen-bond donors (Lipinski definition) is 2. The standard InChI is InChI=1S/C19H16N4O4/c1-4-9-23-12-8-6-5-7-11(12)19(18(23)25)13-10(2)21-22-16(13)27-15(20)14(19)17(24)26-3/h1,5-8H,9,20H2,2-3H3,(H,21,22)/t19-/m0/s1. The van der Waals surface area contributed by atoms with Crippen molar-refractivity contribution in [1.82, 2.24) is 10.2 Å². The molecule has 3 heterocycles. The van der Waals surface area contributed by atoms with Crippen molar-refractivity contribution in [2.45, 2.75) is 12.3 Å². The number of terminal acetylenes is 1. The first-order valence-electron chi connectivity index (χ1n) is 8.15. The highest BCUT2D eigenvalue weighted by molar-refractivity contribution is 6.18. The number of anilines is 1. The Labute approximate surface area is 154 Å². The molecule has 27 heavy (non-hydrogen) atoms. The molecule has 1 atom stereocenters. The third-order valence-corrected chi connectivity index (χ3v) is 4.92. The Bertz CT molecular complexity index is 1060. The van der Waals surface area contributed by atoms with Gasteiger partial charge in [0.15, 0.2) is 0 Å². The lowest BCUT2D eigenvalue weighted by atomic mass is 9.68. The molecule has 4 rings (SSSR count). The lowest BCUT2D eigenvalue weighted by Gasteiger charge is -2.34. The van der Waals surface area contributed by atoms with Gasteiger partial charge in [0, 0.05) is 16.9 Å². The van der Waals surface area contributed by atoms with Crippen LogP contribution in [0.2, 0.25) is 0 Å². The van der Waals surface area contributed by atoms with Crippen LogP contribution in [0.1, 0.15) is 16.8 Å². The number of rotatable bonds is 2. The zero-order valence-electron chi connectivity index (χ0n) is 14.7. The summed E-state index contributed by atoms with van der Waals surface area (Å²) in [6.07, 6.45) is 5.48. The average molecular weight is 364 g/mol.